The van der Waals surface area contributed by atoms with Gasteiger partial charge in [-0.1, -0.05) is 71.4 Å². The maximum Gasteiger partial charge on any atom is 0.253 e. The van der Waals surface area contributed by atoms with Crippen molar-refractivity contribution in [2.24, 2.45) is 0 Å². The fourth-order valence-corrected chi connectivity index (χ4v) is 4.28. The Morgan fingerprint density at radius 3 is 2.46 bits per heavy atom. The zero-order valence-corrected chi connectivity index (χ0v) is 17.7. The lowest BCUT2D eigenvalue weighted by atomic mass is 10.0. The molecule has 4 aromatic rings. The Bertz CT molecular complexity index is 1140. The molecule has 4 nitrogen and oxygen atoms in total. The standard InChI is InChI=1S/C22H21ClN4S/c1-14-8-10-17(11-9-14)12-19-15(2)24-21-25-22(26-27(21)16(19)3)28-13-18-6-4-5-7-20(18)23/h4-11H,12-13H2,1-3H3. The van der Waals surface area contributed by atoms with E-state index in [0.717, 1.165) is 34.1 Å². The van der Waals surface area contributed by atoms with Crippen molar-refractivity contribution >= 4 is 29.1 Å². The van der Waals surface area contributed by atoms with Crippen molar-refractivity contribution in [3.63, 3.8) is 0 Å². The van der Waals surface area contributed by atoms with Gasteiger partial charge >= 0.3 is 0 Å². The van der Waals surface area contributed by atoms with E-state index in [-0.39, 0.29) is 0 Å². The highest BCUT2D eigenvalue weighted by Gasteiger charge is 2.14. The van der Waals surface area contributed by atoms with Gasteiger partial charge in [0.15, 0.2) is 0 Å². The van der Waals surface area contributed by atoms with E-state index < -0.39 is 0 Å². The molecule has 0 unspecified atom stereocenters. The van der Waals surface area contributed by atoms with Gasteiger partial charge in [0.25, 0.3) is 5.78 Å². The van der Waals surface area contributed by atoms with E-state index in [1.165, 1.54) is 16.7 Å². The second-order valence-electron chi connectivity index (χ2n) is 6.91. The minimum atomic E-state index is 0.643. The van der Waals surface area contributed by atoms with Gasteiger partial charge in [-0.2, -0.15) is 4.98 Å². The molecule has 0 spiro atoms. The average molecular weight is 409 g/mol. The zero-order chi connectivity index (χ0) is 19.7. The molecular formula is C22H21ClN4S. The van der Waals surface area contributed by atoms with Crippen LogP contribution in [-0.4, -0.2) is 19.6 Å². The van der Waals surface area contributed by atoms with Crippen LogP contribution in [0.5, 0.6) is 0 Å². The zero-order valence-electron chi connectivity index (χ0n) is 16.1. The van der Waals surface area contributed by atoms with E-state index in [2.05, 4.69) is 48.2 Å². The Kier molecular flexibility index (Phi) is 5.38. The van der Waals surface area contributed by atoms with Crippen LogP contribution in [0.4, 0.5) is 0 Å². The molecule has 0 radical (unpaired) electrons. The number of aryl methyl sites for hydroxylation is 3. The highest BCUT2D eigenvalue weighted by molar-refractivity contribution is 7.98. The second kappa shape index (κ2) is 7.94. The van der Waals surface area contributed by atoms with Crippen molar-refractivity contribution < 1.29 is 0 Å². The third-order valence-electron chi connectivity index (χ3n) is 4.85. The van der Waals surface area contributed by atoms with Gasteiger partial charge in [0, 0.05) is 28.6 Å². The Labute approximate surface area is 174 Å². The van der Waals surface area contributed by atoms with E-state index >= 15 is 0 Å². The predicted molar refractivity (Wildman–Crippen MR) is 115 cm³/mol. The molecule has 6 heteroatoms. The number of rotatable bonds is 5. The van der Waals surface area contributed by atoms with Gasteiger partial charge in [-0.3, -0.25) is 0 Å². The Balaban J connectivity index is 1.61. The van der Waals surface area contributed by atoms with Crippen LogP contribution < -0.4 is 0 Å². The molecule has 0 atom stereocenters. The quantitative estimate of drug-likeness (QED) is 0.404. The summed E-state index contributed by atoms with van der Waals surface area (Å²) in [6.45, 7) is 6.23. The number of aromatic nitrogens is 4. The predicted octanol–water partition coefficient (Wildman–Crippen LogP) is 5.59. The minimum Gasteiger partial charge on any atom is -0.216 e. The summed E-state index contributed by atoms with van der Waals surface area (Å²) >= 11 is 7.82. The van der Waals surface area contributed by atoms with Gasteiger partial charge in [-0.25, -0.2) is 9.50 Å². The highest BCUT2D eigenvalue weighted by atomic mass is 35.5. The summed E-state index contributed by atoms with van der Waals surface area (Å²) in [5.74, 6) is 1.37. The lowest BCUT2D eigenvalue weighted by Crippen LogP contribution is -2.06. The normalized spacial score (nSPS) is 11.3. The molecule has 0 aliphatic carbocycles. The number of nitrogens with zero attached hydrogens (tertiary/aromatic N) is 4. The van der Waals surface area contributed by atoms with Crippen molar-refractivity contribution in [3.8, 4) is 0 Å². The molecule has 0 aliphatic heterocycles. The van der Waals surface area contributed by atoms with Gasteiger partial charge in [0.05, 0.1) is 0 Å². The first kappa shape index (κ1) is 19.0. The highest BCUT2D eigenvalue weighted by Crippen LogP contribution is 2.26. The Morgan fingerprint density at radius 1 is 0.964 bits per heavy atom. The van der Waals surface area contributed by atoms with Gasteiger partial charge in [0.1, 0.15) is 0 Å². The van der Waals surface area contributed by atoms with E-state index in [0.29, 0.717) is 10.9 Å². The van der Waals surface area contributed by atoms with Crippen LogP contribution in [0.3, 0.4) is 0 Å². The number of halogens is 1. The van der Waals surface area contributed by atoms with Crippen molar-refractivity contribution in [1.82, 2.24) is 19.6 Å². The lowest BCUT2D eigenvalue weighted by Gasteiger charge is -2.10. The molecule has 0 saturated carbocycles. The molecule has 4 rings (SSSR count). The summed E-state index contributed by atoms with van der Waals surface area (Å²) in [7, 11) is 0. The fraction of sp³-hybridized carbons (Fsp3) is 0.227. The van der Waals surface area contributed by atoms with Gasteiger partial charge < -0.3 is 0 Å². The van der Waals surface area contributed by atoms with E-state index in [4.69, 9.17) is 16.6 Å². The average Bonchev–Trinajstić information content (AvgIpc) is 3.09. The van der Waals surface area contributed by atoms with Gasteiger partial charge in [-0.05, 0) is 43.5 Å². The number of hydrogen-bond acceptors (Lipinski definition) is 4. The monoisotopic (exact) mass is 408 g/mol. The summed E-state index contributed by atoms with van der Waals surface area (Å²) in [5, 5.41) is 6.16. The van der Waals surface area contributed by atoms with E-state index in [9.17, 15) is 0 Å². The molecule has 28 heavy (non-hydrogen) atoms. The molecular weight excluding hydrogens is 388 g/mol. The summed E-state index contributed by atoms with van der Waals surface area (Å²) in [6, 6.07) is 16.5. The Hall–Kier alpha value is -2.37. The van der Waals surface area contributed by atoms with Gasteiger partial charge in [0.2, 0.25) is 5.16 Å². The Morgan fingerprint density at radius 2 is 1.71 bits per heavy atom. The molecule has 2 heterocycles. The van der Waals surface area contributed by atoms with Crippen LogP contribution in [-0.2, 0) is 12.2 Å². The molecule has 2 aromatic heterocycles. The fourth-order valence-electron chi connectivity index (χ4n) is 3.17. The van der Waals surface area contributed by atoms with Crippen LogP contribution >= 0.6 is 23.4 Å². The molecule has 0 bridgehead atoms. The number of fused-ring (bicyclic) bond motifs is 1. The van der Waals surface area contributed by atoms with Crippen LogP contribution in [0.1, 0.15) is 33.6 Å². The minimum absolute atomic E-state index is 0.643. The maximum absolute atomic E-state index is 6.25. The summed E-state index contributed by atoms with van der Waals surface area (Å²) in [5.41, 5.74) is 6.90. The SMILES string of the molecule is Cc1ccc(Cc2c(C)nc3nc(SCc4ccccc4Cl)nn3c2C)cc1. The molecule has 0 N–H and O–H groups in total. The van der Waals surface area contributed by atoms with Crippen molar-refractivity contribution in [2.45, 2.75) is 38.1 Å². The summed E-state index contributed by atoms with van der Waals surface area (Å²) in [6.07, 6.45) is 0.836. The molecule has 142 valence electrons. The number of hydrogen-bond donors (Lipinski definition) is 0. The number of thioether (sulfide) groups is 1. The first-order chi connectivity index (χ1) is 13.5. The topological polar surface area (TPSA) is 43.1 Å². The van der Waals surface area contributed by atoms with Crippen LogP contribution in [0.25, 0.3) is 5.78 Å². The van der Waals surface area contributed by atoms with Crippen LogP contribution in [0.15, 0.2) is 53.7 Å². The first-order valence-corrected chi connectivity index (χ1v) is 10.5. The van der Waals surface area contributed by atoms with Gasteiger partial charge in [-0.15, -0.1) is 5.10 Å². The summed E-state index contributed by atoms with van der Waals surface area (Å²) < 4.78 is 1.85. The maximum atomic E-state index is 6.25. The molecule has 0 amide bonds. The smallest absolute Gasteiger partial charge is 0.216 e. The molecule has 0 saturated heterocycles. The summed E-state index contributed by atoms with van der Waals surface area (Å²) in [4.78, 5) is 9.29. The molecule has 0 aliphatic rings. The first-order valence-electron chi connectivity index (χ1n) is 9.16. The second-order valence-corrected chi connectivity index (χ2v) is 8.26. The van der Waals surface area contributed by atoms with Crippen molar-refractivity contribution in [1.29, 1.82) is 0 Å². The van der Waals surface area contributed by atoms with E-state index in [1.807, 2.05) is 35.7 Å². The largest absolute Gasteiger partial charge is 0.253 e. The third kappa shape index (κ3) is 3.91. The molecule has 0 fully saturated rings. The number of benzene rings is 2. The van der Waals surface area contributed by atoms with E-state index in [1.54, 1.807) is 11.8 Å². The lowest BCUT2D eigenvalue weighted by molar-refractivity contribution is 0.823. The van der Waals surface area contributed by atoms with Crippen LogP contribution in [0.2, 0.25) is 5.02 Å². The van der Waals surface area contributed by atoms with Crippen molar-refractivity contribution in [3.05, 3.63) is 87.2 Å². The molecule has 2 aromatic carbocycles. The van der Waals surface area contributed by atoms with Crippen molar-refractivity contribution in [2.75, 3.05) is 0 Å². The van der Waals surface area contributed by atoms with Crippen LogP contribution in [0, 0.1) is 20.8 Å². The third-order valence-corrected chi connectivity index (χ3v) is 6.10.